The van der Waals surface area contributed by atoms with Crippen LogP contribution in [0.25, 0.3) is 0 Å². The number of nitrogens with zero attached hydrogens (tertiary/aromatic N) is 3. The summed E-state index contributed by atoms with van der Waals surface area (Å²) in [7, 11) is 2.20. The van der Waals surface area contributed by atoms with E-state index in [1.54, 1.807) is 0 Å². The molecule has 4 nitrogen and oxygen atoms in total. The van der Waals surface area contributed by atoms with Gasteiger partial charge in [0, 0.05) is 37.1 Å². The van der Waals surface area contributed by atoms with Crippen LogP contribution in [0.4, 0.5) is 5.13 Å². The van der Waals surface area contributed by atoms with Crippen LogP contribution in [-0.4, -0.2) is 48.6 Å². The highest BCUT2D eigenvalue weighted by Gasteiger charge is 2.25. The summed E-state index contributed by atoms with van der Waals surface area (Å²) >= 11 is 1.86. The van der Waals surface area contributed by atoms with Crippen molar-refractivity contribution in [2.75, 3.05) is 31.6 Å². The fourth-order valence-electron chi connectivity index (χ4n) is 3.18. The standard InChI is InChI=1S/C16H28N4S/c1-4-20-9-5-6-14(20)11-19(3)16-18-12(2)15(21-16)10-17-13-7-8-13/h13-14,17H,4-11H2,1-3H3. The topological polar surface area (TPSA) is 31.4 Å². The van der Waals surface area contributed by atoms with Gasteiger partial charge in [-0.3, -0.25) is 4.90 Å². The molecule has 0 aromatic carbocycles. The van der Waals surface area contributed by atoms with Gasteiger partial charge in [-0.2, -0.15) is 0 Å². The summed E-state index contributed by atoms with van der Waals surface area (Å²) in [5.74, 6) is 0. The van der Waals surface area contributed by atoms with Gasteiger partial charge in [-0.05, 0) is 45.7 Å². The molecule has 2 fully saturated rings. The minimum absolute atomic E-state index is 0.706. The Morgan fingerprint density at radius 2 is 2.19 bits per heavy atom. The van der Waals surface area contributed by atoms with Crippen molar-refractivity contribution in [1.82, 2.24) is 15.2 Å². The fraction of sp³-hybridized carbons (Fsp3) is 0.812. The number of likely N-dealkylation sites (N-methyl/N-ethyl adjacent to an activating group) is 2. The maximum Gasteiger partial charge on any atom is 0.185 e. The van der Waals surface area contributed by atoms with Crippen LogP contribution in [0.1, 0.15) is 43.2 Å². The minimum atomic E-state index is 0.706. The van der Waals surface area contributed by atoms with Gasteiger partial charge < -0.3 is 10.2 Å². The third-order valence-corrected chi connectivity index (χ3v) is 6.00. The van der Waals surface area contributed by atoms with E-state index >= 15 is 0 Å². The second-order valence-corrected chi connectivity index (χ2v) is 7.53. The molecule has 0 radical (unpaired) electrons. The summed E-state index contributed by atoms with van der Waals surface area (Å²) in [5, 5.41) is 4.78. The largest absolute Gasteiger partial charge is 0.350 e. The first-order valence-corrected chi connectivity index (χ1v) is 9.14. The number of aromatic nitrogens is 1. The molecule has 21 heavy (non-hydrogen) atoms. The van der Waals surface area contributed by atoms with Crippen LogP contribution in [0.3, 0.4) is 0 Å². The maximum absolute atomic E-state index is 4.79. The molecule has 5 heteroatoms. The molecule has 1 aromatic rings. The van der Waals surface area contributed by atoms with Gasteiger partial charge in [0.1, 0.15) is 0 Å². The molecule has 0 amide bonds. The molecule has 118 valence electrons. The number of hydrogen-bond donors (Lipinski definition) is 1. The molecule has 1 atom stereocenters. The van der Waals surface area contributed by atoms with Crippen LogP contribution in [0.5, 0.6) is 0 Å². The van der Waals surface area contributed by atoms with Crippen molar-refractivity contribution < 1.29 is 0 Å². The molecule has 3 rings (SSSR count). The van der Waals surface area contributed by atoms with E-state index < -0.39 is 0 Å². The van der Waals surface area contributed by atoms with E-state index in [0.717, 1.165) is 19.1 Å². The highest BCUT2D eigenvalue weighted by Crippen LogP contribution is 2.28. The Morgan fingerprint density at radius 3 is 2.90 bits per heavy atom. The average Bonchev–Trinajstić information content (AvgIpc) is 3.07. The van der Waals surface area contributed by atoms with Gasteiger partial charge in [0.25, 0.3) is 0 Å². The van der Waals surface area contributed by atoms with Gasteiger partial charge in [0.05, 0.1) is 5.69 Å². The maximum atomic E-state index is 4.79. The molecule has 1 saturated carbocycles. The third kappa shape index (κ3) is 3.76. The van der Waals surface area contributed by atoms with Crippen LogP contribution in [0, 0.1) is 6.92 Å². The number of likely N-dealkylation sites (tertiary alicyclic amines) is 1. The van der Waals surface area contributed by atoms with Crippen LogP contribution in [-0.2, 0) is 6.54 Å². The second kappa shape index (κ2) is 6.63. The molecular formula is C16H28N4S. The Bertz CT molecular complexity index is 469. The molecule has 1 N–H and O–H groups in total. The van der Waals surface area contributed by atoms with Crippen molar-refractivity contribution in [2.24, 2.45) is 0 Å². The first-order valence-electron chi connectivity index (χ1n) is 8.32. The van der Waals surface area contributed by atoms with Crippen molar-refractivity contribution in [1.29, 1.82) is 0 Å². The Hall–Kier alpha value is -0.650. The lowest BCUT2D eigenvalue weighted by Crippen LogP contribution is -2.38. The number of aryl methyl sites for hydroxylation is 1. The summed E-state index contributed by atoms with van der Waals surface area (Å²) < 4.78 is 0. The summed E-state index contributed by atoms with van der Waals surface area (Å²) in [6.45, 7) is 8.95. The number of anilines is 1. The van der Waals surface area contributed by atoms with Crippen molar-refractivity contribution in [3.63, 3.8) is 0 Å². The third-order valence-electron chi connectivity index (χ3n) is 4.73. The lowest BCUT2D eigenvalue weighted by Gasteiger charge is -2.27. The SMILES string of the molecule is CCN1CCCC1CN(C)c1nc(C)c(CNC2CC2)s1. The Labute approximate surface area is 132 Å². The monoisotopic (exact) mass is 308 g/mol. The van der Waals surface area contributed by atoms with Gasteiger partial charge in [0.15, 0.2) is 5.13 Å². The molecule has 2 aliphatic rings. The van der Waals surface area contributed by atoms with E-state index in [0.29, 0.717) is 6.04 Å². The number of thiazole rings is 1. The Kier molecular flexibility index (Phi) is 4.82. The number of nitrogens with one attached hydrogen (secondary N) is 1. The molecule has 0 bridgehead atoms. The molecule has 1 unspecified atom stereocenters. The summed E-state index contributed by atoms with van der Waals surface area (Å²) in [5.41, 5.74) is 1.20. The van der Waals surface area contributed by atoms with Gasteiger partial charge in [-0.25, -0.2) is 4.98 Å². The predicted octanol–water partition coefficient (Wildman–Crippen LogP) is 2.62. The molecule has 0 spiro atoms. The van der Waals surface area contributed by atoms with Crippen LogP contribution >= 0.6 is 11.3 Å². The lowest BCUT2D eigenvalue weighted by atomic mass is 10.2. The normalized spacial score (nSPS) is 22.9. The summed E-state index contributed by atoms with van der Waals surface area (Å²) in [6, 6.07) is 1.47. The van der Waals surface area contributed by atoms with Crippen molar-refractivity contribution in [2.45, 2.75) is 58.2 Å². The molecule has 1 saturated heterocycles. The van der Waals surface area contributed by atoms with Crippen LogP contribution < -0.4 is 10.2 Å². The first kappa shape index (κ1) is 15.3. The molecule has 2 heterocycles. The van der Waals surface area contributed by atoms with E-state index in [1.807, 2.05) is 11.3 Å². The zero-order valence-corrected chi connectivity index (χ0v) is 14.4. The van der Waals surface area contributed by atoms with Crippen molar-refractivity contribution >= 4 is 16.5 Å². The van der Waals surface area contributed by atoms with E-state index in [-0.39, 0.29) is 0 Å². The fourth-order valence-corrected chi connectivity index (χ4v) is 4.16. The first-order chi connectivity index (χ1) is 10.2. The van der Waals surface area contributed by atoms with Gasteiger partial charge >= 0.3 is 0 Å². The van der Waals surface area contributed by atoms with E-state index in [4.69, 9.17) is 4.98 Å². The van der Waals surface area contributed by atoms with Crippen LogP contribution in [0.2, 0.25) is 0 Å². The lowest BCUT2D eigenvalue weighted by molar-refractivity contribution is 0.270. The predicted molar refractivity (Wildman–Crippen MR) is 90.3 cm³/mol. The minimum Gasteiger partial charge on any atom is -0.350 e. The second-order valence-electron chi connectivity index (χ2n) is 6.47. The van der Waals surface area contributed by atoms with Crippen molar-refractivity contribution in [3.8, 4) is 0 Å². The van der Waals surface area contributed by atoms with E-state index in [1.165, 1.54) is 54.5 Å². The summed E-state index contributed by atoms with van der Waals surface area (Å²) in [4.78, 5) is 11.2. The molecule has 1 aromatic heterocycles. The molecule has 1 aliphatic carbocycles. The quantitative estimate of drug-likeness (QED) is 0.839. The van der Waals surface area contributed by atoms with Gasteiger partial charge in [0.2, 0.25) is 0 Å². The van der Waals surface area contributed by atoms with E-state index in [2.05, 4.69) is 36.0 Å². The number of hydrogen-bond acceptors (Lipinski definition) is 5. The van der Waals surface area contributed by atoms with E-state index in [9.17, 15) is 0 Å². The highest BCUT2D eigenvalue weighted by molar-refractivity contribution is 7.15. The van der Waals surface area contributed by atoms with Gasteiger partial charge in [-0.1, -0.05) is 6.92 Å². The Balaban J connectivity index is 1.58. The average molecular weight is 308 g/mol. The van der Waals surface area contributed by atoms with Crippen LogP contribution in [0.15, 0.2) is 0 Å². The number of rotatable bonds is 7. The highest BCUT2D eigenvalue weighted by atomic mass is 32.1. The molecular weight excluding hydrogens is 280 g/mol. The van der Waals surface area contributed by atoms with Crippen molar-refractivity contribution in [3.05, 3.63) is 10.6 Å². The molecule has 1 aliphatic heterocycles. The summed E-state index contributed by atoms with van der Waals surface area (Å²) in [6.07, 6.45) is 5.37. The van der Waals surface area contributed by atoms with Gasteiger partial charge in [-0.15, -0.1) is 11.3 Å². The Morgan fingerprint density at radius 1 is 1.38 bits per heavy atom. The smallest absolute Gasteiger partial charge is 0.185 e. The zero-order valence-electron chi connectivity index (χ0n) is 13.6. The zero-order chi connectivity index (χ0) is 14.8.